The van der Waals surface area contributed by atoms with Crippen molar-refractivity contribution in [2.24, 2.45) is 0 Å². The standard InChI is InChI=1S/C36H33B/c1-25-21-30(16-15-29-11-7-5-8-12-29)22-26(2)35(25)37-36-27(3)23-34(24-28(36)4)33-19-17-32(18-20-33)31-13-9-6-10-14-31/h5-24,37H,1-4H3. The van der Waals surface area contributed by atoms with Crippen LogP contribution in [0.5, 0.6) is 0 Å². The third-order valence-corrected chi connectivity index (χ3v) is 7.36. The van der Waals surface area contributed by atoms with Crippen molar-refractivity contribution in [2.45, 2.75) is 27.7 Å². The van der Waals surface area contributed by atoms with E-state index in [1.807, 2.05) is 0 Å². The van der Waals surface area contributed by atoms with Crippen LogP contribution in [-0.2, 0) is 0 Å². The fourth-order valence-corrected chi connectivity index (χ4v) is 5.26. The molecule has 5 aromatic carbocycles. The number of hydrogen-bond donors (Lipinski definition) is 0. The molecule has 0 spiro atoms. The highest BCUT2D eigenvalue weighted by atomic mass is 14.1. The largest absolute Gasteiger partial charge is 0.193 e. The van der Waals surface area contributed by atoms with Crippen molar-refractivity contribution in [3.63, 3.8) is 0 Å². The predicted molar refractivity (Wildman–Crippen MR) is 164 cm³/mol. The Morgan fingerprint density at radius 2 is 0.811 bits per heavy atom. The molecule has 0 saturated carbocycles. The van der Waals surface area contributed by atoms with Crippen LogP contribution in [-0.4, -0.2) is 7.28 Å². The van der Waals surface area contributed by atoms with Gasteiger partial charge in [0.1, 0.15) is 0 Å². The minimum atomic E-state index is 0.964. The van der Waals surface area contributed by atoms with Crippen LogP contribution < -0.4 is 10.9 Å². The van der Waals surface area contributed by atoms with E-state index < -0.39 is 0 Å². The van der Waals surface area contributed by atoms with E-state index >= 15 is 0 Å². The quantitative estimate of drug-likeness (QED) is 0.173. The zero-order chi connectivity index (χ0) is 25.8. The van der Waals surface area contributed by atoms with Crippen LogP contribution in [0.15, 0.2) is 109 Å². The fraction of sp³-hybridized carbons (Fsp3) is 0.111. The first-order valence-corrected chi connectivity index (χ1v) is 13.1. The molecule has 0 amide bonds. The topological polar surface area (TPSA) is 0 Å². The van der Waals surface area contributed by atoms with Crippen molar-refractivity contribution >= 4 is 30.4 Å². The SMILES string of the molecule is Cc1cc(C=Cc2ccccc2)cc(C)c1Bc1c(C)cc(-c2ccc(-c3ccccc3)cc2)cc1C. The van der Waals surface area contributed by atoms with Gasteiger partial charge >= 0.3 is 0 Å². The van der Waals surface area contributed by atoms with Crippen molar-refractivity contribution in [3.05, 3.63) is 143 Å². The lowest BCUT2D eigenvalue weighted by molar-refractivity contribution is 1.40. The fourth-order valence-electron chi connectivity index (χ4n) is 5.26. The highest BCUT2D eigenvalue weighted by molar-refractivity contribution is 6.69. The van der Waals surface area contributed by atoms with Gasteiger partial charge in [-0.25, -0.2) is 0 Å². The van der Waals surface area contributed by atoms with Crippen LogP contribution in [0.4, 0.5) is 0 Å². The van der Waals surface area contributed by atoms with Crippen LogP contribution >= 0.6 is 0 Å². The van der Waals surface area contributed by atoms with Crippen molar-refractivity contribution in [3.8, 4) is 22.3 Å². The minimum Gasteiger partial charge on any atom is -0.0728 e. The average molecular weight is 476 g/mol. The molecule has 0 fully saturated rings. The van der Waals surface area contributed by atoms with Gasteiger partial charge in [-0.15, -0.1) is 0 Å². The molecule has 0 unspecified atom stereocenters. The van der Waals surface area contributed by atoms with E-state index in [4.69, 9.17) is 0 Å². The molecule has 0 aliphatic carbocycles. The molecular formula is C36H33B. The second kappa shape index (κ2) is 10.9. The molecule has 180 valence electrons. The van der Waals surface area contributed by atoms with Crippen LogP contribution in [0, 0.1) is 27.7 Å². The maximum Gasteiger partial charge on any atom is 0.193 e. The number of rotatable bonds is 6. The minimum absolute atomic E-state index is 0.964. The van der Waals surface area contributed by atoms with E-state index in [1.54, 1.807) is 0 Å². The van der Waals surface area contributed by atoms with E-state index in [-0.39, 0.29) is 0 Å². The zero-order valence-corrected chi connectivity index (χ0v) is 22.3. The monoisotopic (exact) mass is 476 g/mol. The van der Waals surface area contributed by atoms with Gasteiger partial charge in [0.05, 0.1) is 0 Å². The molecule has 0 aromatic heterocycles. The van der Waals surface area contributed by atoms with Crippen molar-refractivity contribution in [1.29, 1.82) is 0 Å². The lowest BCUT2D eigenvalue weighted by Gasteiger charge is -2.16. The summed E-state index contributed by atoms with van der Waals surface area (Å²) in [6, 6.07) is 39.3. The summed E-state index contributed by atoms with van der Waals surface area (Å²) < 4.78 is 0. The molecule has 0 aliphatic rings. The lowest BCUT2D eigenvalue weighted by Crippen LogP contribution is -2.34. The summed E-state index contributed by atoms with van der Waals surface area (Å²) in [5, 5.41) is 0. The van der Waals surface area contributed by atoms with Gasteiger partial charge in [-0.1, -0.05) is 155 Å². The molecule has 1 heteroatoms. The predicted octanol–water partition coefficient (Wildman–Crippen LogP) is 7.81. The van der Waals surface area contributed by atoms with Gasteiger partial charge in [-0.05, 0) is 61.1 Å². The van der Waals surface area contributed by atoms with Gasteiger partial charge in [0.25, 0.3) is 0 Å². The molecule has 0 saturated heterocycles. The molecule has 0 heterocycles. The van der Waals surface area contributed by atoms with E-state index in [1.165, 1.54) is 66.6 Å². The Morgan fingerprint density at radius 3 is 1.35 bits per heavy atom. The van der Waals surface area contributed by atoms with Gasteiger partial charge in [0, 0.05) is 0 Å². The molecule has 0 nitrogen and oxygen atoms in total. The van der Waals surface area contributed by atoms with Crippen LogP contribution in [0.1, 0.15) is 33.4 Å². The van der Waals surface area contributed by atoms with Crippen molar-refractivity contribution in [1.82, 2.24) is 0 Å². The molecule has 37 heavy (non-hydrogen) atoms. The lowest BCUT2D eigenvalue weighted by atomic mass is 9.58. The highest BCUT2D eigenvalue weighted by Crippen LogP contribution is 2.26. The zero-order valence-electron chi connectivity index (χ0n) is 22.3. The Kier molecular flexibility index (Phi) is 7.24. The molecular weight excluding hydrogens is 443 g/mol. The summed E-state index contributed by atoms with van der Waals surface area (Å²) in [6.45, 7) is 9.00. The van der Waals surface area contributed by atoms with E-state index in [0.29, 0.717) is 0 Å². The van der Waals surface area contributed by atoms with Gasteiger partial charge < -0.3 is 0 Å². The Labute approximate surface area is 222 Å². The summed E-state index contributed by atoms with van der Waals surface area (Å²) in [6.07, 6.45) is 4.40. The van der Waals surface area contributed by atoms with Crippen LogP contribution in [0.2, 0.25) is 0 Å². The molecule has 0 atom stereocenters. The third kappa shape index (κ3) is 5.68. The first-order valence-electron chi connectivity index (χ1n) is 13.1. The number of hydrogen-bond acceptors (Lipinski definition) is 0. The summed E-state index contributed by atoms with van der Waals surface area (Å²) in [5.74, 6) is 0. The van der Waals surface area contributed by atoms with Gasteiger partial charge in [-0.2, -0.15) is 0 Å². The van der Waals surface area contributed by atoms with Crippen LogP contribution in [0.3, 0.4) is 0 Å². The third-order valence-electron chi connectivity index (χ3n) is 7.36. The van der Waals surface area contributed by atoms with E-state index in [2.05, 4.69) is 149 Å². The summed E-state index contributed by atoms with van der Waals surface area (Å²) in [7, 11) is 0.964. The first kappa shape index (κ1) is 24.6. The summed E-state index contributed by atoms with van der Waals surface area (Å²) in [4.78, 5) is 0. The van der Waals surface area contributed by atoms with Gasteiger partial charge in [-0.3, -0.25) is 0 Å². The van der Waals surface area contributed by atoms with Crippen LogP contribution in [0.25, 0.3) is 34.4 Å². The average Bonchev–Trinajstić information content (AvgIpc) is 2.92. The molecule has 5 aromatic rings. The van der Waals surface area contributed by atoms with E-state index in [9.17, 15) is 0 Å². The van der Waals surface area contributed by atoms with Gasteiger partial charge in [0.2, 0.25) is 0 Å². The number of benzene rings is 5. The maximum atomic E-state index is 2.35. The molecule has 0 aliphatic heterocycles. The van der Waals surface area contributed by atoms with Crippen molar-refractivity contribution < 1.29 is 0 Å². The Morgan fingerprint density at radius 1 is 0.405 bits per heavy atom. The Balaban J connectivity index is 1.38. The normalized spacial score (nSPS) is 11.1. The highest BCUT2D eigenvalue weighted by Gasteiger charge is 2.13. The summed E-state index contributed by atoms with van der Waals surface area (Å²) in [5.41, 5.74) is 15.8. The van der Waals surface area contributed by atoms with Crippen molar-refractivity contribution in [2.75, 3.05) is 0 Å². The molecule has 5 rings (SSSR count). The Hall–Kier alpha value is -4.10. The Bertz CT molecular complexity index is 1500. The van der Waals surface area contributed by atoms with Gasteiger partial charge in [0.15, 0.2) is 7.28 Å². The summed E-state index contributed by atoms with van der Waals surface area (Å²) >= 11 is 0. The molecule has 0 N–H and O–H groups in total. The first-order chi connectivity index (χ1) is 18.0. The second-order valence-corrected chi connectivity index (χ2v) is 10.1. The second-order valence-electron chi connectivity index (χ2n) is 10.1. The molecule has 0 bridgehead atoms. The number of aryl methyl sites for hydroxylation is 4. The smallest absolute Gasteiger partial charge is 0.0728 e. The molecule has 0 radical (unpaired) electrons. The maximum absolute atomic E-state index is 2.35. The van der Waals surface area contributed by atoms with E-state index in [0.717, 1.165) is 7.28 Å².